The van der Waals surface area contributed by atoms with E-state index in [0.29, 0.717) is 13.2 Å². The molecule has 0 saturated carbocycles. The Bertz CT molecular complexity index is 196. The molecule has 0 aromatic heterocycles. The Morgan fingerprint density at radius 2 is 1.35 bits per heavy atom. The number of rotatable bonds is 14. The molecule has 0 fully saturated rings. The summed E-state index contributed by atoms with van der Waals surface area (Å²) in [6.07, 6.45) is 8.64. The van der Waals surface area contributed by atoms with Crippen LogP contribution in [0.15, 0.2) is 0 Å². The number of methoxy groups -OCH3 is 3. The van der Waals surface area contributed by atoms with Crippen LogP contribution < -0.4 is 0 Å². The summed E-state index contributed by atoms with van der Waals surface area (Å²) in [6, 6.07) is 0. The minimum atomic E-state index is -0.988. The van der Waals surface area contributed by atoms with Gasteiger partial charge in [-0.25, -0.2) is 0 Å². The van der Waals surface area contributed by atoms with Crippen LogP contribution >= 0.6 is 0 Å². The predicted octanol–water partition coefficient (Wildman–Crippen LogP) is 3.98. The summed E-state index contributed by atoms with van der Waals surface area (Å²) in [5.74, 6) is -0.896. The van der Waals surface area contributed by atoms with E-state index in [1.54, 1.807) is 21.3 Å². The van der Waals surface area contributed by atoms with Gasteiger partial charge in [0, 0.05) is 27.9 Å². The van der Waals surface area contributed by atoms with Crippen LogP contribution in [-0.4, -0.2) is 40.5 Å². The average Bonchev–Trinajstić information content (AvgIpc) is 2.49. The molecule has 0 N–H and O–H groups in total. The molecule has 122 valence electrons. The number of hydrogen-bond acceptors (Lipinski definition) is 4. The summed E-state index contributed by atoms with van der Waals surface area (Å²) in [5.41, 5.74) is 0. The largest absolute Gasteiger partial charge is 0.381 e. The summed E-state index contributed by atoms with van der Waals surface area (Å²) >= 11 is 0. The van der Waals surface area contributed by atoms with Crippen LogP contribution in [0.2, 0.25) is 0 Å². The molecule has 0 heterocycles. The topological polar surface area (TPSA) is 36.9 Å². The summed E-state index contributed by atoms with van der Waals surface area (Å²) in [7, 11) is 4.85. The second-order valence-corrected chi connectivity index (χ2v) is 5.13. The molecule has 0 aliphatic rings. The lowest BCUT2D eigenvalue weighted by atomic mass is 9.98. The molecule has 0 aliphatic heterocycles. The van der Waals surface area contributed by atoms with E-state index in [2.05, 4.69) is 6.92 Å². The van der Waals surface area contributed by atoms with E-state index < -0.39 is 5.97 Å². The van der Waals surface area contributed by atoms with Gasteiger partial charge in [0.15, 0.2) is 0 Å². The SMILES string of the molecule is CCCCCCCCC(COCC)C(OC)(OC)OC. The molecule has 0 aromatic rings. The molecule has 0 aliphatic carbocycles. The van der Waals surface area contributed by atoms with Gasteiger partial charge < -0.3 is 18.9 Å². The van der Waals surface area contributed by atoms with Crippen LogP contribution in [0.3, 0.4) is 0 Å². The van der Waals surface area contributed by atoms with Crippen molar-refractivity contribution in [2.45, 2.75) is 64.8 Å². The van der Waals surface area contributed by atoms with E-state index in [9.17, 15) is 0 Å². The molecule has 1 atom stereocenters. The lowest BCUT2D eigenvalue weighted by molar-refractivity contribution is -0.383. The highest BCUT2D eigenvalue weighted by Gasteiger charge is 2.39. The van der Waals surface area contributed by atoms with Crippen LogP contribution in [0.5, 0.6) is 0 Å². The van der Waals surface area contributed by atoms with Gasteiger partial charge in [-0.15, -0.1) is 0 Å². The summed E-state index contributed by atoms with van der Waals surface area (Å²) < 4.78 is 22.0. The highest BCUT2D eigenvalue weighted by atomic mass is 16.9. The fraction of sp³-hybridized carbons (Fsp3) is 1.00. The molecular formula is C16H34O4. The molecule has 0 spiro atoms. The van der Waals surface area contributed by atoms with Crippen LogP contribution in [0, 0.1) is 5.92 Å². The molecule has 4 heteroatoms. The number of ether oxygens (including phenoxy) is 4. The Kier molecular flexibility index (Phi) is 12.5. The first-order valence-electron chi connectivity index (χ1n) is 7.93. The Balaban J connectivity index is 4.25. The van der Waals surface area contributed by atoms with E-state index in [4.69, 9.17) is 18.9 Å². The predicted molar refractivity (Wildman–Crippen MR) is 81.7 cm³/mol. The van der Waals surface area contributed by atoms with Crippen molar-refractivity contribution in [1.82, 2.24) is 0 Å². The van der Waals surface area contributed by atoms with Gasteiger partial charge in [-0.2, -0.15) is 0 Å². The van der Waals surface area contributed by atoms with Crippen molar-refractivity contribution in [3.8, 4) is 0 Å². The van der Waals surface area contributed by atoms with E-state index in [1.807, 2.05) is 6.92 Å². The first-order chi connectivity index (χ1) is 9.70. The van der Waals surface area contributed by atoms with Gasteiger partial charge in [-0.05, 0) is 13.3 Å². The van der Waals surface area contributed by atoms with Crippen molar-refractivity contribution >= 4 is 0 Å². The van der Waals surface area contributed by atoms with Crippen molar-refractivity contribution < 1.29 is 18.9 Å². The van der Waals surface area contributed by atoms with E-state index in [0.717, 1.165) is 12.8 Å². The molecule has 0 aromatic carbocycles. The zero-order chi connectivity index (χ0) is 15.3. The zero-order valence-corrected chi connectivity index (χ0v) is 14.1. The molecule has 0 radical (unpaired) electrons. The van der Waals surface area contributed by atoms with Gasteiger partial charge in [0.2, 0.25) is 0 Å². The molecule has 4 nitrogen and oxygen atoms in total. The highest BCUT2D eigenvalue weighted by Crippen LogP contribution is 2.29. The second kappa shape index (κ2) is 12.6. The Morgan fingerprint density at radius 1 is 0.800 bits per heavy atom. The van der Waals surface area contributed by atoms with Crippen LogP contribution in [0.25, 0.3) is 0 Å². The number of unbranched alkanes of at least 4 members (excludes halogenated alkanes) is 5. The molecule has 20 heavy (non-hydrogen) atoms. The van der Waals surface area contributed by atoms with Gasteiger partial charge in [0.25, 0.3) is 5.97 Å². The Hall–Kier alpha value is -0.160. The molecular weight excluding hydrogens is 256 g/mol. The van der Waals surface area contributed by atoms with Gasteiger partial charge in [-0.3, -0.25) is 0 Å². The molecule has 0 bridgehead atoms. The van der Waals surface area contributed by atoms with Gasteiger partial charge in [0.1, 0.15) is 0 Å². The highest BCUT2D eigenvalue weighted by molar-refractivity contribution is 4.71. The van der Waals surface area contributed by atoms with Crippen molar-refractivity contribution in [3.05, 3.63) is 0 Å². The first-order valence-corrected chi connectivity index (χ1v) is 7.93. The van der Waals surface area contributed by atoms with Crippen molar-refractivity contribution in [2.24, 2.45) is 5.92 Å². The summed E-state index contributed by atoms with van der Waals surface area (Å²) in [6.45, 7) is 5.53. The maximum absolute atomic E-state index is 5.56. The number of hydrogen-bond donors (Lipinski definition) is 0. The summed E-state index contributed by atoms with van der Waals surface area (Å²) in [4.78, 5) is 0. The van der Waals surface area contributed by atoms with Gasteiger partial charge >= 0.3 is 0 Å². The minimum Gasteiger partial charge on any atom is -0.381 e. The Labute approximate surface area is 125 Å². The molecule has 0 rings (SSSR count). The zero-order valence-electron chi connectivity index (χ0n) is 14.1. The minimum absolute atomic E-state index is 0.0913. The average molecular weight is 290 g/mol. The fourth-order valence-electron chi connectivity index (χ4n) is 2.54. The van der Waals surface area contributed by atoms with Crippen LogP contribution in [0.1, 0.15) is 58.8 Å². The quantitative estimate of drug-likeness (QED) is 0.358. The van der Waals surface area contributed by atoms with E-state index in [1.165, 1.54) is 32.1 Å². The second-order valence-electron chi connectivity index (χ2n) is 5.13. The summed E-state index contributed by atoms with van der Waals surface area (Å²) in [5, 5.41) is 0. The Morgan fingerprint density at radius 3 is 1.85 bits per heavy atom. The van der Waals surface area contributed by atoms with Crippen LogP contribution in [-0.2, 0) is 18.9 Å². The lowest BCUT2D eigenvalue weighted by Gasteiger charge is -2.36. The third-order valence-corrected chi connectivity index (χ3v) is 3.78. The van der Waals surface area contributed by atoms with Crippen molar-refractivity contribution in [1.29, 1.82) is 0 Å². The third-order valence-electron chi connectivity index (χ3n) is 3.78. The maximum Gasteiger partial charge on any atom is 0.287 e. The molecule has 0 saturated heterocycles. The molecule has 0 amide bonds. The van der Waals surface area contributed by atoms with E-state index in [-0.39, 0.29) is 5.92 Å². The van der Waals surface area contributed by atoms with E-state index >= 15 is 0 Å². The normalized spacial score (nSPS) is 13.7. The maximum atomic E-state index is 5.56. The molecule has 1 unspecified atom stereocenters. The van der Waals surface area contributed by atoms with Gasteiger partial charge in [-0.1, -0.05) is 45.4 Å². The van der Waals surface area contributed by atoms with Crippen molar-refractivity contribution in [3.63, 3.8) is 0 Å². The third kappa shape index (κ3) is 7.02. The van der Waals surface area contributed by atoms with Crippen molar-refractivity contribution in [2.75, 3.05) is 34.5 Å². The fourth-order valence-corrected chi connectivity index (χ4v) is 2.54. The van der Waals surface area contributed by atoms with Crippen LogP contribution in [0.4, 0.5) is 0 Å². The first kappa shape index (κ1) is 19.8. The van der Waals surface area contributed by atoms with Gasteiger partial charge in [0.05, 0.1) is 12.5 Å². The smallest absolute Gasteiger partial charge is 0.287 e. The monoisotopic (exact) mass is 290 g/mol. The lowest BCUT2D eigenvalue weighted by Crippen LogP contribution is -2.46. The standard InChI is InChI=1S/C16H34O4/c1-6-8-9-10-11-12-13-15(14-20-7-2)16(17-3,18-4)19-5/h15H,6-14H2,1-5H3.